The molecular formula is C19H23N5O2. The Bertz CT molecular complexity index is 812. The first-order valence-electron chi connectivity index (χ1n) is 9.31. The largest absolute Gasteiger partial charge is 0.427 e. The van der Waals surface area contributed by atoms with Crippen LogP contribution >= 0.6 is 0 Å². The fraction of sp³-hybridized carbons (Fsp3) is 0.579. The van der Waals surface area contributed by atoms with Gasteiger partial charge in [-0.15, -0.1) is 10.2 Å². The minimum Gasteiger partial charge on any atom is -0.427 e. The third-order valence-electron chi connectivity index (χ3n) is 6.34. The standard InChI is InChI=1S/C19H23N5O2/c20-9-14(17-24-22-11-26-17)16(15-2-1-3-21-15)23-18-5-12-4-13(6-18)8-19(25,7-12)10-18/h1-3,9,11-14,20-21,25H,4-8,10H2/t12-,13+,14?,18?,19?. The summed E-state index contributed by atoms with van der Waals surface area (Å²) in [6, 6.07) is 3.88. The molecule has 0 aliphatic heterocycles. The van der Waals surface area contributed by atoms with E-state index in [1.54, 1.807) is 0 Å². The van der Waals surface area contributed by atoms with Gasteiger partial charge < -0.3 is 19.9 Å². The maximum absolute atomic E-state index is 11.0. The number of H-pyrrole nitrogens is 1. The van der Waals surface area contributed by atoms with Crippen LogP contribution in [0.3, 0.4) is 0 Å². The topological polar surface area (TPSA) is 111 Å². The van der Waals surface area contributed by atoms with Crippen LogP contribution in [0.2, 0.25) is 0 Å². The molecule has 6 rings (SSSR count). The van der Waals surface area contributed by atoms with Crippen LogP contribution in [0.4, 0.5) is 0 Å². The van der Waals surface area contributed by atoms with Gasteiger partial charge in [0.1, 0.15) is 5.92 Å². The van der Waals surface area contributed by atoms with Crippen molar-refractivity contribution < 1.29 is 9.52 Å². The maximum atomic E-state index is 11.0. The van der Waals surface area contributed by atoms with E-state index in [1.807, 2.05) is 18.3 Å². The average molecular weight is 353 g/mol. The molecule has 0 spiro atoms. The number of aliphatic imine (C=N–C) groups is 1. The quantitative estimate of drug-likeness (QED) is 0.718. The molecule has 2 aromatic rings. The Labute approximate surface area is 151 Å². The van der Waals surface area contributed by atoms with Gasteiger partial charge in [0.05, 0.1) is 22.5 Å². The van der Waals surface area contributed by atoms with Crippen molar-refractivity contribution in [1.82, 2.24) is 15.2 Å². The summed E-state index contributed by atoms with van der Waals surface area (Å²) in [5.41, 5.74) is 0.791. The molecule has 5 atom stereocenters. The van der Waals surface area contributed by atoms with Gasteiger partial charge in [-0.25, -0.2) is 0 Å². The second kappa shape index (κ2) is 5.61. The van der Waals surface area contributed by atoms with Crippen LogP contribution in [0.1, 0.15) is 56.0 Å². The molecule has 0 radical (unpaired) electrons. The van der Waals surface area contributed by atoms with E-state index >= 15 is 0 Å². The molecule has 0 saturated heterocycles. The normalized spacial score (nSPS) is 37.0. The van der Waals surface area contributed by atoms with Crippen LogP contribution in [0, 0.1) is 17.2 Å². The SMILES string of the molecule is N=CC(C(=NC12C[C@@H]3C[C@@H](CC(O)(C3)C1)C2)c1ccc[nH]1)c1nnco1. The zero-order valence-corrected chi connectivity index (χ0v) is 14.6. The van der Waals surface area contributed by atoms with Crippen molar-refractivity contribution in [3.8, 4) is 0 Å². The van der Waals surface area contributed by atoms with Crippen LogP contribution in [0.15, 0.2) is 34.1 Å². The van der Waals surface area contributed by atoms with Gasteiger partial charge in [0, 0.05) is 18.8 Å². The van der Waals surface area contributed by atoms with E-state index < -0.39 is 11.5 Å². The Morgan fingerprint density at radius 2 is 2.19 bits per heavy atom. The number of hydrogen-bond acceptors (Lipinski definition) is 6. The lowest BCUT2D eigenvalue weighted by atomic mass is 9.51. The van der Waals surface area contributed by atoms with E-state index in [0.717, 1.165) is 37.1 Å². The zero-order chi connectivity index (χ0) is 17.8. The van der Waals surface area contributed by atoms with Crippen LogP contribution in [0.25, 0.3) is 0 Å². The van der Waals surface area contributed by atoms with Gasteiger partial charge in [0.25, 0.3) is 0 Å². The highest BCUT2D eigenvalue weighted by molar-refractivity contribution is 6.11. The highest BCUT2D eigenvalue weighted by Crippen LogP contribution is 2.59. The van der Waals surface area contributed by atoms with Crippen LogP contribution in [-0.2, 0) is 0 Å². The molecule has 136 valence electrons. The summed E-state index contributed by atoms with van der Waals surface area (Å²) in [5.74, 6) is 0.990. The second-order valence-corrected chi connectivity index (χ2v) is 8.41. The van der Waals surface area contributed by atoms with E-state index in [9.17, 15) is 5.11 Å². The van der Waals surface area contributed by atoms with Crippen molar-refractivity contribution >= 4 is 11.9 Å². The minimum absolute atomic E-state index is 0.249. The lowest BCUT2D eigenvalue weighted by Crippen LogP contribution is -2.58. The number of rotatable bonds is 5. The predicted molar refractivity (Wildman–Crippen MR) is 95.5 cm³/mol. The molecule has 7 nitrogen and oxygen atoms in total. The molecule has 4 aliphatic carbocycles. The highest BCUT2D eigenvalue weighted by Gasteiger charge is 2.57. The van der Waals surface area contributed by atoms with Crippen LogP contribution in [0.5, 0.6) is 0 Å². The number of aromatic nitrogens is 3. The third-order valence-corrected chi connectivity index (χ3v) is 6.34. The van der Waals surface area contributed by atoms with Gasteiger partial charge in [-0.3, -0.25) is 4.99 Å². The summed E-state index contributed by atoms with van der Waals surface area (Å²) in [6.07, 6.45) is 10.2. The summed E-state index contributed by atoms with van der Waals surface area (Å²) in [7, 11) is 0. The molecule has 4 saturated carbocycles. The Morgan fingerprint density at radius 3 is 2.77 bits per heavy atom. The van der Waals surface area contributed by atoms with E-state index in [4.69, 9.17) is 14.8 Å². The first kappa shape index (κ1) is 15.9. The highest BCUT2D eigenvalue weighted by atomic mass is 16.4. The molecule has 4 aliphatic rings. The molecule has 7 heteroatoms. The molecule has 2 heterocycles. The molecule has 26 heavy (non-hydrogen) atoms. The summed E-state index contributed by atoms with van der Waals surface area (Å²) in [6.45, 7) is 0. The second-order valence-electron chi connectivity index (χ2n) is 8.41. The Morgan fingerprint density at radius 1 is 1.38 bits per heavy atom. The van der Waals surface area contributed by atoms with E-state index in [0.29, 0.717) is 24.1 Å². The number of aromatic amines is 1. The van der Waals surface area contributed by atoms with Crippen molar-refractivity contribution in [2.75, 3.05) is 0 Å². The minimum atomic E-state index is -0.570. The van der Waals surface area contributed by atoms with Crippen LogP contribution in [-0.4, -0.2) is 43.4 Å². The smallest absolute Gasteiger partial charge is 0.230 e. The predicted octanol–water partition coefficient (Wildman–Crippen LogP) is 2.70. The zero-order valence-electron chi connectivity index (χ0n) is 14.6. The Kier molecular flexibility index (Phi) is 3.44. The molecule has 3 N–H and O–H groups in total. The fourth-order valence-electron chi connectivity index (χ4n) is 5.92. The fourth-order valence-corrected chi connectivity index (χ4v) is 5.92. The van der Waals surface area contributed by atoms with Gasteiger partial charge in [0.2, 0.25) is 12.3 Å². The third kappa shape index (κ3) is 2.53. The number of nitrogens with zero attached hydrogens (tertiary/aromatic N) is 3. The summed E-state index contributed by atoms with van der Waals surface area (Å²) in [4.78, 5) is 8.45. The molecular weight excluding hydrogens is 330 g/mol. The summed E-state index contributed by atoms with van der Waals surface area (Å²) in [5, 5.41) is 26.8. The number of aliphatic hydroxyl groups is 1. The molecule has 0 amide bonds. The van der Waals surface area contributed by atoms with Gasteiger partial charge in [-0.2, -0.15) is 0 Å². The summed E-state index contributed by atoms with van der Waals surface area (Å²) < 4.78 is 5.39. The first-order valence-corrected chi connectivity index (χ1v) is 9.31. The van der Waals surface area contributed by atoms with Crippen molar-refractivity contribution in [2.45, 2.75) is 55.6 Å². The molecule has 2 aromatic heterocycles. The lowest BCUT2D eigenvalue weighted by Gasteiger charge is -2.58. The number of hydrogen-bond donors (Lipinski definition) is 3. The average Bonchev–Trinajstić information content (AvgIpc) is 3.26. The van der Waals surface area contributed by atoms with Gasteiger partial charge in [0.15, 0.2) is 0 Å². The van der Waals surface area contributed by atoms with Gasteiger partial charge >= 0.3 is 0 Å². The Balaban J connectivity index is 1.60. The van der Waals surface area contributed by atoms with Crippen molar-refractivity contribution in [3.05, 3.63) is 36.3 Å². The lowest BCUT2D eigenvalue weighted by molar-refractivity contribution is -0.132. The van der Waals surface area contributed by atoms with Gasteiger partial charge in [-0.05, 0) is 56.1 Å². The van der Waals surface area contributed by atoms with Gasteiger partial charge in [-0.1, -0.05) is 0 Å². The maximum Gasteiger partial charge on any atom is 0.230 e. The van der Waals surface area contributed by atoms with Crippen molar-refractivity contribution in [1.29, 1.82) is 5.41 Å². The first-order chi connectivity index (χ1) is 12.6. The molecule has 3 unspecified atom stereocenters. The Hall–Kier alpha value is -2.28. The molecule has 4 fully saturated rings. The van der Waals surface area contributed by atoms with Crippen molar-refractivity contribution in [3.63, 3.8) is 0 Å². The monoisotopic (exact) mass is 353 g/mol. The van der Waals surface area contributed by atoms with E-state index in [1.165, 1.54) is 19.0 Å². The molecule has 4 bridgehead atoms. The van der Waals surface area contributed by atoms with Crippen molar-refractivity contribution in [2.24, 2.45) is 16.8 Å². The molecule has 0 aromatic carbocycles. The summed E-state index contributed by atoms with van der Waals surface area (Å²) >= 11 is 0. The number of nitrogens with one attached hydrogen (secondary N) is 2. The van der Waals surface area contributed by atoms with E-state index in [-0.39, 0.29) is 5.54 Å². The van der Waals surface area contributed by atoms with E-state index in [2.05, 4.69) is 15.2 Å². The van der Waals surface area contributed by atoms with Crippen LogP contribution < -0.4 is 0 Å².